The quantitative estimate of drug-likeness (QED) is 0.646. The molecule has 0 spiro atoms. The number of rotatable bonds is 5. The van der Waals surface area contributed by atoms with E-state index in [0.29, 0.717) is 5.13 Å². The molecule has 0 saturated carbocycles. The minimum absolute atomic E-state index is 0.0267. The van der Waals surface area contributed by atoms with Crippen molar-refractivity contribution in [2.45, 2.75) is 18.7 Å². The SMILES string of the molecule is C#CCNS(=O)(=O)c1cccc(C(=O)Nc2nc3c(C)cc(C)cc3s2)c1. The molecule has 0 fully saturated rings. The summed E-state index contributed by atoms with van der Waals surface area (Å²) >= 11 is 1.37. The first-order chi connectivity index (χ1) is 12.8. The Bertz CT molecular complexity index is 1170. The number of carbonyl (C=O) groups is 1. The van der Waals surface area contributed by atoms with Gasteiger partial charge in [-0.2, -0.15) is 4.72 Å². The average Bonchev–Trinajstić information content (AvgIpc) is 3.02. The fourth-order valence-corrected chi connectivity index (χ4v) is 4.63. The van der Waals surface area contributed by atoms with Gasteiger partial charge in [0.2, 0.25) is 10.0 Å². The number of amides is 1. The molecule has 0 unspecified atom stereocenters. The predicted octanol–water partition coefficient (Wildman–Crippen LogP) is 3.08. The van der Waals surface area contributed by atoms with E-state index in [1.165, 1.54) is 35.6 Å². The summed E-state index contributed by atoms with van der Waals surface area (Å²) in [6.07, 6.45) is 5.08. The lowest BCUT2D eigenvalue weighted by molar-refractivity contribution is 0.102. The summed E-state index contributed by atoms with van der Waals surface area (Å²) in [4.78, 5) is 17.0. The first kappa shape index (κ1) is 19.0. The van der Waals surface area contributed by atoms with Crippen LogP contribution in [-0.4, -0.2) is 25.9 Å². The summed E-state index contributed by atoms with van der Waals surface area (Å²) in [5, 5.41) is 3.20. The number of hydrogen-bond acceptors (Lipinski definition) is 5. The van der Waals surface area contributed by atoms with Crippen molar-refractivity contribution in [1.29, 1.82) is 0 Å². The molecule has 0 radical (unpaired) electrons. The Balaban J connectivity index is 1.86. The first-order valence-corrected chi connectivity index (χ1v) is 10.3. The van der Waals surface area contributed by atoms with E-state index in [2.05, 4.69) is 20.9 Å². The van der Waals surface area contributed by atoms with Crippen molar-refractivity contribution in [3.05, 3.63) is 53.1 Å². The van der Waals surface area contributed by atoms with Gasteiger partial charge in [0.25, 0.3) is 5.91 Å². The first-order valence-electron chi connectivity index (χ1n) is 8.02. The van der Waals surface area contributed by atoms with Crippen LogP contribution in [0.5, 0.6) is 0 Å². The van der Waals surface area contributed by atoms with Gasteiger partial charge in [-0.25, -0.2) is 13.4 Å². The summed E-state index contributed by atoms with van der Waals surface area (Å²) in [6.45, 7) is 3.85. The number of thiazole rings is 1. The van der Waals surface area contributed by atoms with Crippen molar-refractivity contribution >= 4 is 42.6 Å². The highest BCUT2D eigenvalue weighted by atomic mass is 32.2. The molecule has 27 heavy (non-hydrogen) atoms. The summed E-state index contributed by atoms with van der Waals surface area (Å²) in [6, 6.07) is 9.80. The zero-order valence-corrected chi connectivity index (χ0v) is 16.4. The summed E-state index contributed by atoms with van der Waals surface area (Å²) in [7, 11) is -3.77. The Kier molecular flexibility index (Phi) is 5.28. The Labute approximate surface area is 161 Å². The van der Waals surface area contributed by atoms with Gasteiger partial charge in [-0.1, -0.05) is 29.4 Å². The molecular formula is C19H17N3O3S2. The molecule has 8 heteroatoms. The third-order valence-corrected chi connectivity index (χ3v) is 6.14. The van der Waals surface area contributed by atoms with Crippen LogP contribution < -0.4 is 10.0 Å². The molecule has 0 aliphatic carbocycles. The van der Waals surface area contributed by atoms with E-state index in [0.717, 1.165) is 21.3 Å². The van der Waals surface area contributed by atoms with Crippen molar-refractivity contribution in [1.82, 2.24) is 9.71 Å². The summed E-state index contributed by atoms with van der Waals surface area (Å²) in [5.41, 5.74) is 3.22. The Morgan fingerprint density at radius 1 is 1.26 bits per heavy atom. The molecule has 3 rings (SSSR count). The van der Waals surface area contributed by atoms with Crippen LogP contribution in [0.25, 0.3) is 10.2 Å². The van der Waals surface area contributed by atoms with E-state index in [-0.39, 0.29) is 17.0 Å². The minimum atomic E-state index is -3.77. The number of benzene rings is 2. The van der Waals surface area contributed by atoms with Crippen LogP contribution >= 0.6 is 11.3 Å². The normalized spacial score (nSPS) is 11.3. The predicted molar refractivity (Wildman–Crippen MR) is 108 cm³/mol. The fourth-order valence-electron chi connectivity index (χ4n) is 2.62. The fraction of sp³-hybridized carbons (Fsp3) is 0.158. The van der Waals surface area contributed by atoms with Crippen molar-refractivity contribution in [2.75, 3.05) is 11.9 Å². The second kappa shape index (κ2) is 7.48. The Morgan fingerprint density at radius 3 is 2.78 bits per heavy atom. The van der Waals surface area contributed by atoms with Gasteiger partial charge in [0.1, 0.15) is 0 Å². The Morgan fingerprint density at radius 2 is 2.04 bits per heavy atom. The molecular weight excluding hydrogens is 382 g/mol. The number of sulfonamides is 1. The molecule has 0 aliphatic rings. The molecule has 0 saturated heterocycles. The van der Waals surface area contributed by atoms with Gasteiger partial charge in [0, 0.05) is 5.56 Å². The topological polar surface area (TPSA) is 88.2 Å². The maximum atomic E-state index is 12.5. The second-order valence-corrected chi connectivity index (χ2v) is 8.76. The maximum Gasteiger partial charge on any atom is 0.257 e. The molecule has 0 atom stereocenters. The molecule has 3 aromatic rings. The number of aryl methyl sites for hydroxylation is 2. The number of fused-ring (bicyclic) bond motifs is 1. The van der Waals surface area contributed by atoms with Crippen LogP contribution in [-0.2, 0) is 10.0 Å². The highest BCUT2D eigenvalue weighted by molar-refractivity contribution is 7.89. The van der Waals surface area contributed by atoms with E-state index in [9.17, 15) is 13.2 Å². The van der Waals surface area contributed by atoms with Crippen LogP contribution in [0.2, 0.25) is 0 Å². The van der Waals surface area contributed by atoms with Crippen molar-refractivity contribution in [3.63, 3.8) is 0 Å². The molecule has 6 nitrogen and oxygen atoms in total. The Hall–Kier alpha value is -2.73. The standard InChI is InChI=1S/C19H17N3O3S2/c1-4-8-20-27(24,25)15-7-5-6-14(11-15)18(23)22-19-21-17-13(3)9-12(2)10-16(17)26-19/h1,5-7,9-11,20H,8H2,2-3H3,(H,21,22,23). The van der Waals surface area contributed by atoms with Crippen molar-refractivity contribution in [2.24, 2.45) is 0 Å². The number of aromatic nitrogens is 1. The summed E-state index contributed by atoms with van der Waals surface area (Å²) < 4.78 is 27.6. The largest absolute Gasteiger partial charge is 0.298 e. The number of carbonyl (C=O) groups excluding carboxylic acids is 1. The number of nitrogens with zero attached hydrogens (tertiary/aromatic N) is 1. The van der Waals surface area contributed by atoms with Crippen LogP contribution in [0.4, 0.5) is 5.13 Å². The smallest absolute Gasteiger partial charge is 0.257 e. The van der Waals surface area contributed by atoms with Gasteiger partial charge in [-0.15, -0.1) is 6.42 Å². The number of anilines is 1. The van der Waals surface area contributed by atoms with E-state index in [4.69, 9.17) is 6.42 Å². The molecule has 1 amide bonds. The third kappa shape index (κ3) is 4.17. The maximum absolute atomic E-state index is 12.5. The lowest BCUT2D eigenvalue weighted by atomic mass is 10.1. The molecule has 0 bridgehead atoms. The van der Waals surface area contributed by atoms with Crippen molar-refractivity contribution < 1.29 is 13.2 Å². The highest BCUT2D eigenvalue weighted by Gasteiger charge is 2.17. The van der Waals surface area contributed by atoms with Gasteiger partial charge in [-0.3, -0.25) is 10.1 Å². The molecule has 0 aliphatic heterocycles. The van der Waals surface area contributed by atoms with Crippen LogP contribution in [0.1, 0.15) is 21.5 Å². The van der Waals surface area contributed by atoms with E-state index >= 15 is 0 Å². The van der Waals surface area contributed by atoms with Gasteiger partial charge in [0.15, 0.2) is 5.13 Å². The average molecular weight is 399 g/mol. The molecule has 138 valence electrons. The van der Waals surface area contributed by atoms with Crippen LogP contribution in [0.3, 0.4) is 0 Å². The monoisotopic (exact) mass is 399 g/mol. The van der Waals surface area contributed by atoms with Crippen LogP contribution in [0, 0.1) is 26.2 Å². The number of terminal acetylenes is 1. The van der Waals surface area contributed by atoms with Gasteiger partial charge < -0.3 is 0 Å². The lowest BCUT2D eigenvalue weighted by Crippen LogP contribution is -2.24. The lowest BCUT2D eigenvalue weighted by Gasteiger charge is -2.06. The van der Waals surface area contributed by atoms with Gasteiger partial charge >= 0.3 is 0 Å². The molecule has 1 aromatic heterocycles. The van der Waals surface area contributed by atoms with E-state index in [1.54, 1.807) is 0 Å². The molecule has 2 aromatic carbocycles. The summed E-state index contributed by atoms with van der Waals surface area (Å²) in [5.74, 6) is 1.78. The number of hydrogen-bond donors (Lipinski definition) is 2. The van der Waals surface area contributed by atoms with Crippen LogP contribution in [0.15, 0.2) is 41.3 Å². The zero-order chi connectivity index (χ0) is 19.6. The van der Waals surface area contributed by atoms with Crippen molar-refractivity contribution in [3.8, 4) is 12.3 Å². The second-order valence-electron chi connectivity index (χ2n) is 5.96. The van der Waals surface area contributed by atoms with Gasteiger partial charge in [0.05, 0.1) is 21.7 Å². The van der Waals surface area contributed by atoms with E-state index in [1.807, 2.05) is 26.0 Å². The zero-order valence-electron chi connectivity index (χ0n) is 14.7. The molecule has 2 N–H and O–H groups in total. The minimum Gasteiger partial charge on any atom is -0.298 e. The van der Waals surface area contributed by atoms with E-state index < -0.39 is 15.9 Å². The number of nitrogens with one attached hydrogen (secondary N) is 2. The van der Waals surface area contributed by atoms with Gasteiger partial charge in [-0.05, 0) is 49.2 Å². The highest BCUT2D eigenvalue weighted by Crippen LogP contribution is 2.29. The third-order valence-electron chi connectivity index (χ3n) is 3.82. The molecule has 1 heterocycles.